The van der Waals surface area contributed by atoms with E-state index in [1.165, 1.54) is 6.42 Å². The van der Waals surface area contributed by atoms with Gasteiger partial charge in [0, 0.05) is 42.4 Å². The van der Waals surface area contributed by atoms with E-state index in [-0.39, 0.29) is 24.0 Å². The number of nitrogens with zero attached hydrogens (tertiary/aromatic N) is 2. The van der Waals surface area contributed by atoms with Crippen molar-refractivity contribution in [3.8, 4) is 0 Å². The Labute approximate surface area is 160 Å². The van der Waals surface area contributed by atoms with E-state index in [9.17, 15) is 4.21 Å². The molecule has 0 aliphatic carbocycles. The number of unbranched alkanes of at least 4 members (excludes halogenated alkanes) is 1. The van der Waals surface area contributed by atoms with Gasteiger partial charge in [0.05, 0.1) is 6.54 Å². The van der Waals surface area contributed by atoms with Crippen LogP contribution in [-0.2, 0) is 16.6 Å². The maximum atomic E-state index is 12.1. The van der Waals surface area contributed by atoms with Gasteiger partial charge in [-0.1, -0.05) is 43.7 Å². The van der Waals surface area contributed by atoms with Crippen LogP contribution >= 0.6 is 24.0 Å². The van der Waals surface area contributed by atoms with Gasteiger partial charge in [0.25, 0.3) is 0 Å². The summed E-state index contributed by atoms with van der Waals surface area (Å²) in [6, 6.07) is 9.98. The van der Waals surface area contributed by atoms with Crippen LogP contribution in [0.25, 0.3) is 0 Å². The van der Waals surface area contributed by atoms with Crippen LogP contribution in [0.15, 0.2) is 35.3 Å². The first-order valence-electron chi connectivity index (χ1n) is 8.05. The first kappa shape index (κ1) is 22.4. The molecule has 23 heavy (non-hydrogen) atoms. The van der Waals surface area contributed by atoms with Crippen molar-refractivity contribution in [2.45, 2.75) is 32.4 Å². The van der Waals surface area contributed by atoms with E-state index >= 15 is 0 Å². The molecule has 4 nitrogen and oxygen atoms in total. The molecule has 1 aromatic carbocycles. The van der Waals surface area contributed by atoms with Gasteiger partial charge in [-0.15, -0.1) is 24.0 Å². The molecule has 0 fully saturated rings. The largest absolute Gasteiger partial charge is 0.357 e. The van der Waals surface area contributed by atoms with Crippen LogP contribution < -0.4 is 5.32 Å². The Bertz CT molecular complexity index is 468. The van der Waals surface area contributed by atoms with Crippen molar-refractivity contribution < 1.29 is 4.21 Å². The van der Waals surface area contributed by atoms with Gasteiger partial charge in [0.15, 0.2) is 5.96 Å². The van der Waals surface area contributed by atoms with Crippen LogP contribution in [0.1, 0.15) is 32.3 Å². The molecule has 1 N–H and O–H groups in total. The van der Waals surface area contributed by atoms with Gasteiger partial charge in [-0.05, 0) is 18.9 Å². The minimum atomic E-state index is -0.863. The van der Waals surface area contributed by atoms with Gasteiger partial charge >= 0.3 is 0 Å². The summed E-state index contributed by atoms with van der Waals surface area (Å²) in [5.74, 6) is 2.12. The SMILES string of the molecule is CCCCN(C)C(=NCCS(=O)Cc1ccccc1)NCC.I. The van der Waals surface area contributed by atoms with Crippen molar-refractivity contribution in [3.05, 3.63) is 35.9 Å². The molecule has 0 aromatic heterocycles. The highest BCUT2D eigenvalue weighted by Crippen LogP contribution is 2.03. The van der Waals surface area contributed by atoms with Gasteiger partial charge in [0.1, 0.15) is 0 Å². The Morgan fingerprint density at radius 1 is 1.26 bits per heavy atom. The fourth-order valence-electron chi connectivity index (χ4n) is 2.06. The van der Waals surface area contributed by atoms with Crippen molar-refractivity contribution in [1.82, 2.24) is 10.2 Å². The summed E-state index contributed by atoms with van der Waals surface area (Å²) in [7, 11) is 1.19. The number of nitrogens with one attached hydrogen (secondary N) is 1. The van der Waals surface area contributed by atoms with Crippen molar-refractivity contribution in [2.75, 3.05) is 32.4 Å². The van der Waals surface area contributed by atoms with Gasteiger partial charge in [-0.25, -0.2) is 0 Å². The van der Waals surface area contributed by atoms with E-state index in [2.05, 4.69) is 36.1 Å². The molecule has 1 atom stereocenters. The van der Waals surface area contributed by atoms with Crippen LogP contribution in [0.5, 0.6) is 0 Å². The maximum Gasteiger partial charge on any atom is 0.193 e. The lowest BCUT2D eigenvalue weighted by Gasteiger charge is -2.21. The first-order chi connectivity index (χ1) is 10.7. The highest BCUT2D eigenvalue weighted by atomic mass is 127. The van der Waals surface area contributed by atoms with Crippen molar-refractivity contribution >= 4 is 40.7 Å². The highest BCUT2D eigenvalue weighted by molar-refractivity contribution is 14.0. The fraction of sp³-hybridized carbons (Fsp3) is 0.588. The van der Waals surface area contributed by atoms with Crippen LogP contribution in [0.2, 0.25) is 0 Å². The Hall–Kier alpha value is -0.630. The number of rotatable bonds is 9. The zero-order valence-corrected chi connectivity index (χ0v) is 17.6. The summed E-state index contributed by atoms with van der Waals surface area (Å²) in [6.07, 6.45) is 2.33. The van der Waals surface area contributed by atoms with E-state index in [1.807, 2.05) is 30.3 Å². The molecule has 1 unspecified atom stereocenters. The Morgan fingerprint density at radius 2 is 1.96 bits per heavy atom. The van der Waals surface area contributed by atoms with Crippen LogP contribution in [-0.4, -0.2) is 47.5 Å². The lowest BCUT2D eigenvalue weighted by molar-refractivity contribution is 0.465. The molecule has 0 spiro atoms. The normalized spacial score (nSPS) is 12.4. The number of guanidine groups is 1. The van der Waals surface area contributed by atoms with Gasteiger partial charge in [-0.3, -0.25) is 9.20 Å². The number of hydrogen-bond donors (Lipinski definition) is 1. The van der Waals surface area contributed by atoms with Gasteiger partial charge in [0.2, 0.25) is 0 Å². The second-order valence-electron chi connectivity index (χ2n) is 5.28. The summed E-state index contributed by atoms with van der Waals surface area (Å²) >= 11 is 0. The molecule has 0 bridgehead atoms. The van der Waals surface area contributed by atoms with E-state index < -0.39 is 10.8 Å². The third-order valence-electron chi connectivity index (χ3n) is 3.29. The minimum absolute atomic E-state index is 0. The summed E-state index contributed by atoms with van der Waals surface area (Å²) in [5.41, 5.74) is 1.12. The number of hydrogen-bond acceptors (Lipinski definition) is 2. The zero-order chi connectivity index (χ0) is 16.2. The van der Waals surface area contributed by atoms with Crippen molar-refractivity contribution in [3.63, 3.8) is 0 Å². The highest BCUT2D eigenvalue weighted by Gasteiger charge is 2.05. The van der Waals surface area contributed by atoms with Gasteiger partial charge < -0.3 is 10.2 Å². The standard InChI is InChI=1S/C17H29N3OS.HI/c1-4-6-13-20(3)17(18-5-2)19-12-14-22(21)15-16-10-8-7-9-11-16;/h7-11H,4-6,12-15H2,1-3H3,(H,18,19);1H. The zero-order valence-electron chi connectivity index (χ0n) is 14.5. The molecule has 1 rings (SSSR count). The molecule has 6 heteroatoms. The van der Waals surface area contributed by atoms with Crippen LogP contribution in [0.4, 0.5) is 0 Å². The number of halogens is 1. The Kier molecular flexibility index (Phi) is 13.4. The summed E-state index contributed by atoms with van der Waals surface area (Å²) in [4.78, 5) is 6.73. The molecule has 132 valence electrons. The number of benzene rings is 1. The second-order valence-corrected chi connectivity index (χ2v) is 6.86. The average Bonchev–Trinajstić information content (AvgIpc) is 2.52. The molecule has 0 aliphatic heterocycles. The molecule has 0 saturated heterocycles. The molecule has 0 amide bonds. The predicted molar refractivity (Wildman–Crippen MR) is 112 cm³/mol. The van der Waals surface area contributed by atoms with Crippen LogP contribution in [0.3, 0.4) is 0 Å². The smallest absolute Gasteiger partial charge is 0.193 e. The molecule has 0 saturated carbocycles. The molecule has 0 aliphatic rings. The summed E-state index contributed by atoms with van der Waals surface area (Å²) in [5, 5.41) is 3.29. The monoisotopic (exact) mass is 451 g/mol. The predicted octanol–water partition coefficient (Wildman–Crippen LogP) is 3.25. The Morgan fingerprint density at radius 3 is 2.57 bits per heavy atom. The topological polar surface area (TPSA) is 44.7 Å². The molecule has 1 aromatic rings. The molecular formula is C17H30IN3OS. The quantitative estimate of drug-likeness (QED) is 0.356. The third kappa shape index (κ3) is 9.96. The van der Waals surface area contributed by atoms with E-state index in [0.29, 0.717) is 18.1 Å². The average molecular weight is 451 g/mol. The lowest BCUT2D eigenvalue weighted by Crippen LogP contribution is -2.39. The van der Waals surface area contributed by atoms with E-state index in [4.69, 9.17) is 0 Å². The fourth-order valence-corrected chi connectivity index (χ4v) is 3.06. The summed E-state index contributed by atoms with van der Waals surface area (Å²) < 4.78 is 12.1. The van der Waals surface area contributed by atoms with Crippen molar-refractivity contribution in [1.29, 1.82) is 0 Å². The van der Waals surface area contributed by atoms with Crippen molar-refractivity contribution in [2.24, 2.45) is 4.99 Å². The van der Waals surface area contributed by atoms with Gasteiger partial charge in [-0.2, -0.15) is 0 Å². The molecule has 0 radical (unpaired) electrons. The molecular weight excluding hydrogens is 421 g/mol. The Balaban J connectivity index is 0.00000484. The summed E-state index contributed by atoms with van der Waals surface area (Å²) in [6.45, 7) is 6.69. The van der Waals surface area contributed by atoms with E-state index in [0.717, 1.165) is 31.0 Å². The minimum Gasteiger partial charge on any atom is -0.357 e. The maximum absolute atomic E-state index is 12.1. The number of aliphatic imine (C=N–C) groups is 1. The lowest BCUT2D eigenvalue weighted by atomic mass is 10.2. The van der Waals surface area contributed by atoms with E-state index in [1.54, 1.807) is 0 Å². The third-order valence-corrected chi connectivity index (χ3v) is 4.59. The molecule has 0 heterocycles. The van der Waals surface area contributed by atoms with Crippen LogP contribution in [0, 0.1) is 0 Å². The first-order valence-corrected chi connectivity index (χ1v) is 9.54. The second kappa shape index (κ2) is 13.8.